The molecule has 0 atom stereocenters. The Labute approximate surface area is 77.7 Å². The number of aromatic hydroxyl groups is 1. The molecule has 6 heteroatoms. The molecule has 0 aliphatic heterocycles. The second-order valence-electron chi connectivity index (χ2n) is 2.38. The first-order valence-electron chi connectivity index (χ1n) is 3.55. The summed E-state index contributed by atoms with van der Waals surface area (Å²) in [5, 5.41) is 8.95. The summed E-state index contributed by atoms with van der Waals surface area (Å²) < 4.78 is 43.7. The molecule has 14 heavy (non-hydrogen) atoms. The van der Waals surface area contributed by atoms with Crippen molar-refractivity contribution in [2.75, 3.05) is 7.11 Å². The van der Waals surface area contributed by atoms with Crippen molar-refractivity contribution in [2.45, 2.75) is 6.36 Å². The maximum Gasteiger partial charge on any atom is 0.573 e. The number of phenolic OH excluding ortho intramolecular Hbond substituents is 1. The van der Waals surface area contributed by atoms with Crippen LogP contribution in [0.3, 0.4) is 0 Å². The first kappa shape index (κ1) is 10.5. The first-order valence-corrected chi connectivity index (χ1v) is 3.55. The fourth-order valence-corrected chi connectivity index (χ4v) is 0.865. The average molecular weight is 208 g/mol. The Morgan fingerprint density at radius 1 is 1.21 bits per heavy atom. The smallest absolute Gasteiger partial charge is 0.508 e. The minimum Gasteiger partial charge on any atom is -0.508 e. The van der Waals surface area contributed by atoms with Crippen molar-refractivity contribution in [1.29, 1.82) is 0 Å². The third-order valence-electron chi connectivity index (χ3n) is 1.37. The largest absolute Gasteiger partial charge is 0.573 e. The number of hydrogen-bond donors (Lipinski definition) is 1. The second kappa shape index (κ2) is 3.65. The standard InChI is InChI=1S/C8H7F3O3/c1-13-7-4-5(12)2-3-6(7)14-8(9,10)11/h2-4,12H,1H3. The van der Waals surface area contributed by atoms with Gasteiger partial charge in [0.2, 0.25) is 0 Å². The van der Waals surface area contributed by atoms with E-state index in [4.69, 9.17) is 5.11 Å². The van der Waals surface area contributed by atoms with Gasteiger partial charge in [0, 0.05) is 6.07 Å². The predicted molar refractivity (Wildman–Crippen MR) is 41.3 cm³/mol. The van der Waals surface area contributed by atoms with Crippen LogP contribution in [-0.2, 0) is 0 Å². The van der Waals surface area contributed by atoms with Gasteiger partial charge in [-0.25, -0.2) is 0 Å². The third-order valence-corrected chi connectivity index (χ3v) is 1.37. The number of hydrogen-bond acceptors (Lipinski definition) is 3. The fraction of sp³-hybridized carbons (Fsp3) is 0.250. The topological polar surface area (TPSA) is 38.7 Å². The summed E-state index contributed by atoms with van der Waals surface area (Å²) in [6, 6.07) is 3.08. The van der Waals surface area contributed by atoms with Crippen LogP contribution in [0, 0.1) is 0 Å². The van der Waals surface area contributed by atoms with E-state index in [9.17, 15) is 13.2 Å². The van der Waals surface area contributed by atoms with E-state index in [1.165, 1.54) is 7.11 Å². The summed E-state index contributed by atoms with van der Waals surface area (Å²) in [5.41, 5.74) is 0. The Hall–Kier alpha value is -1.59. The van der Waals surface area contributed by atoms with Gasteiger partial charge in [-0.1, -0.05) is 0 Å². The highest BCUT2D eigenvalue weighted by atomic mass is 19.4. The van der Waals surface area contributed by atoms with E-state index < -0.39 is 12.1 Å². The molecule has 0 aliphatic carbocycles. The SMILES string of the molecule is COc1cc(O)ccc1OC(F)(F)F. The summed E-state index contributed by atoms with van der Waals surface area (Å²) >= 11 is 0. The summed E-state index contributed by atoms with van der Waals surface area (Å²) in [6.45, 7) is 0. The number of phenols is 1. The van der Waals surface area contributed by atoms with Gasteiger partial charge < -0.3 is 14.6 Å². The molecule has 0 aromatic heterocycles. The van der Waals surface area contributed by atoms with Gasteiger partial charge in [0.05, 0.1) is 7.11 Å². The fourth-order valence-electron chi connectivity index (χ4n) is 0.865. The van der Waals surface area contributed by atoms with E-state index in [2.05, 4.69) is 9.47 Å². The van der Waals surface area contributed by atoms with Gasteiger partial charge >= 0.3 is 6.36 Å². The van der Waals surface area contributed by atoms with Crippen LogP contribution < -0.4 is 9.47 Å². The predicted octanol–water partition coefficient (Wildman–Crippen LogP) is 2.30. The maximum absolute atomic E-state index is 11.8. The lowest BCUT2D eigenvalue weighted by Gasteiger charge is -2.12. The highest BCUT2D eigenvalue weighted by Gasteiger charge is 2.32. The second-order valence-corrected chi connectivity index (χ2v) is 2.38. The summed E-state index contributed by atoms with van der Waals surface area (Å²) in [6.07, 6.45) is -4.77. The molecule has 0 heterocycles. The zero-order valence-corrected chi connectivity index (χ0v) is 7.13. The molecule has 1 rings (SSSR count). The van der Waals surface area contributed by atoms with Gasteiger partial charge in [0.25, 0.3) is 0 Å². The summed E-state index contributed by atoms with van der Waals surface area (Å²) in [4.78, 5) is 0. The zero-order valence-electron chi connectivity index (χ0n) is 7.13. The molecular formula is C8H7F3O3. The molecule has 0 amide bonds. The molecule has 0 fully saturated rings. The molecule has 0 unspecified atom stereocenters. The number of ether oxygens (including phenoxy) is 2. The number of halogens is 3. The van der Waals surface area contributed by atoms with Gasteiger partial charge in [-0.2, -0.15) is 0 Å². The average Bonchev–Trinajstić information content (AvgIpc) is 2.06. The van der Waals surface area contributed by atoms with Gasteiger partial charge in [-0.05, 0) is 12.1 Å². The Bertz CT molecular complexity index is 322. The Balaban J connectivity index is 2.97. The van der Waals surface area contributed by atoms with E-state index in [-0.39, 0.29) is 11.5 Å². The molecule has 1 aromatic rings. The van der Waals surface area contributed by atoms with Crippen LogP contribution >= 0.6 is 0 Å². The zero-order chi connectivity index (χ0) is 10.8. The quantitative estimate of drug-likeness (QED) is 0.810. The molecule has 0 bridgehead atoms. The molecule has 1 aromatic carbocycles. The van der Waals surface area contributed by atoms with Gasteiger partial charge in [-0.15, -0.1) is 13.2 Å². The minimum absolute atomic E-state index is 0.178. The molecule has 0 radical (unpaired) electrons. The lowest BCUT2D eigenvalue weighted by Crippen LogP contribution is -2.17. The Morgan fingerprint density at radius 2 is 1.86 bits per heavy atom. The lowest BCUT2D eigenvalue weighted by molar-refractivity contribution is -0.275. The molecular weight excluding hydrogens is 201 g/mol. The van der Waals surface area contributed by atoms with Crippen LogP contribution in [-0.4, -0.2) is 18.6 Å². The van der Waals surface area contributed by atoms with Crippen LogP contribution in [0.15, 0.2) is 18.2 Å². The van der Waals surface area contributed by atoms with Crippen molar-refractivity contribution in [3.63, 3.8) is 0 Å². The van der Waals surface area contributed by atoms with Crippen LogP contribution in [0.1, 0.15) is 0 Å². The third kappa shape index (κ3) is 2.72. The molecule has 0 saturated carbocycles. The van der Waals surface area contributed by atoms with Crippen LogP contribution in [0.5, 0.6) is 17.2 Å². The highest BCUT2D eigenvalue weighted by Crippen LogP contribution is 2.34. The molecule has 3 nitrogen and oxygen atoms in total. The van der Waals surface area contributed by atoms with Crippen molar-refractivity contribution in [3.05, 3.63) is 18.2 Å². The molecule has 78 valence electrons. The van der Waals surface area contributed by atoms with Crippen molar-refractivity contribution < 1.29 is 27.8 Å². The number of alkyl halides is 3. The minimum atomic E-state index is -4.77. The monoisotopic (exact) mass is 208 g/mol. The Kier molecular flexibility index (Phi) is 2.73. The van der Waals surface area contributed by atoms with Crippen molar-refractivity contribution >= 4 is 0 Å². The maximum atomic E-state index is 11.8. The number of rotatable bonds is 2. The van der Waals surface area contributed by atoms with E-state index in [1.807, 2.05) is 0 Å². The first-order chi connectivity index (χ1) is 6.42. The summed E-state index contributed by atoms with van der Waals surface area (Å²) in [5.74, 6) is -0.864. The van der Waals surface area contributed by atoms with Crippen LogP contribution in [0.2, 0.25) is 0 Å². The van der Waals surface area contributed by atoms with E-state index in [0.29, 0.717) is 0 Å². The lowest BCUT2D eigenvalue weighted by atomic mass is 10.3. The Morgan fingerprint density at radius 3 is 2.36 bits per heavy atom. The summed E-state index contributed by atoms with van der Waals surface area (Å²) in [7, 11) is 1.18. The van der Waals surface area contributed by atoms with Gasteiger partial charge in [-0.3, -0.25) is 0 Å². The highest BCUT2D eigenvalue weighted by molar-refractivity contribution is 5.44. The number of benzene rings is 1. The van der Waals surface area contributed by atoms with Crippen LogP contribution in [0.25, 0.3) is 0 Å². The van der Waals surface area contributed by atoms with Crippen molar-refractivity contribution in [1.82, 2.24) is 0 Å². The number of methoxy groups -OCH3 is 1. The van der Waals surface area contributed by atoms with Gasteiger partial charge in [0.1, 0.15) is 5.75 Å². The molecule has 1 N–H and O–H groups in total. The molecule has 0 saturated heterocycles. The normalized spacial score (nSPS) is 11.1. The van der Waals surface area contributed by atoms with E-state index >= 15 is 0 Å². The molecule has 0 spiro atoms. The van der Waals surface area contributed by atoms with Gasteiger partial charge in [0.15, 0.2) is 11.5 Å². The molecule has 0 aliphatic rings. The van der Waals surface area contributed by atoms with Crippen molar-refractivity contribution in [2.24, 2.45) is 0 Å². The van der Waals surface area contributed by atoms with Crippen molar-refractivity contribution in [3.8, 4) is 17.2 Å². The van der Waals surface area contributed by atoms with E-state index in [0.717, 1.165) is 18.2 Å². The van der Waals surface area contributed by atoms with E-state index in [1.54, 1.807) is 0 Å². The van der Waals surface area contributed by atoms with Crippen LogP contribution in [0.4, 0.5) is 13.2 Å².